The van der Waals surface area contributed by atoms with E-state index >= 15 is 0 Å². The first-order valence-electron chi connectivity index (χ1n) is 5.69. The first kappa shape index (κ1) is 13.5. The van der Waals surface area contributed by atoms with Crippen LogP contribution in [0.5, 0.6) is 0 Å². The topological polar surface area (TPSA) is 43.4 Å². The summed E-state index contributed by atoms with van der Waals surface area (Å²) in [6.45, 7) is 0. The Morgan fingerprint density at radius 2 is 1.58 bits per heavy atom. The lowest BCUT2D eigenvalue weighted by molar-refractivity contribution is -0.137. The van der Waals surface area contributed by atoms with Gasteiger partial charge >= 0.3 is 11.9 Å². The van der Waals surface area contributed by atoms with Crippen molar-refractivity contribution in [2.45, 2.75) is 6.42 Å². The molecule has 3 nitrogen and oxygen atoms in total. The van der Waals surface area contributed by atoms with Crippen LogP contribution < -0.4 is 0 Å². The molecule has 2 rings (SSSR count). The van der Waals surface area contributed by atoms with Crippen molar-refractivity contribution in [3.05, 3.63) is 70.2 Å². The fourth-order valence-electron chi connectivity index (χ4n) is 1.55. The van der Waals surface area contributed by atoms with E-state index in [2.05, 4.69) is 15.9 Å². The van der Waals surface area contributed by atoms with Crippen molar-refractivity contribution in [3.8, 4) is 0 Å². The van der Waals surface area contributed by atoms with Gasteiger partial charge in [0.1, 0.15) is 0 Å². The number of carbonyl (C=O) groups excluding carboxylic acids is 2. The van der Waals surface area contributed by atoms with E-state index in [0.29, 0.717) is 5.56 Å². The molecule has 0 aromatic heterocycles. The summed E-state index contributed by atoms with van der Waals surface area (Å²) in [7, 11) is 0. The quantitative estimate of drug-likeness (QED) is 0.643. The zero-order chi connectivity index (χ0) is 13.7. The molecule has 0 fully saturated rings. The van der Waals surface area contributed by atoms with Gasteiger partial charge in [-0.15, -0.1) is 0 Å². The summed E-state index contributed by atoms with van der Waals surface area (Å²) in [5.41, 5.74) is 1.17. The Labute approximate surface area is 119 Å². The van der Waals surface area contributed by atoms with E-state index in [1.54, 1.807) is 24.3 Å². The van der Waals surface area contributed by atoms with Crippen molar-refractivity contribution in [3.63, 3.8) is 0 Å². The third-order valence-electron chi connectivity index (χ3n) is 2.48. The molecular formula is C15H11BrO3. The van der Waals surface area contributed by atoms with Crippen LogP contribution in [0.15, 0.2) is 59.1 Å². The number of benzene rings is 2. The molecule has 0 aliphatic heterocycles. The fourth-order valence-corrected chi connectivity index (χ4v) is 1.81. The van der Waals surface area contributed by atoms with Crippen molar-refractivity contribution in [2.75, 3.05) is 0 Å². The Kier molecular flexibility index (Phi) is 4.47. The standard InChI is InChI=1S/C15H11BrO3/c16-13-8-6-12(7-9-13)15(18)19-14(17)10-11-4-2-1-3-5-11/h1-9H,10H2. The summed E-state index contributed by atoms with van der Waals surface area (Å²) < 4.78 is 5.65. The minimum Gasteiger partial charge on any atom is -0.389 e. The van der Waals surface area contributed by atoms with Crippen molar-refractivity contribution >= 4 is 27.9 Å². The number of halogens is 1. The Morgan fingerprint density at radius 3 is 2.21 bits per heavy atom. The minimum absolute atomic E-state index is 0.0864. The van der Waals surface area contributed by atoms with Crippen LogP contribution in [0.2, 0.25) is 0 Å². The maximum atomic E-state index is 11.7. The van der Waals surface area contributed by atoms with Crippen molar-refractivity contribution in [1.29, 1.82) is 0 Å². The lowest BCUT2D eigenvalue weighted by Gasteiger charge is -2.03. The lowest BCUT2D eigenvalue weighted by atomic mass is 10.1. The Morgan fingerprint density at radius 1 is 0.947 bits per heavy atom. The van der Waals surface area contributed by atoms with E-state index in [9.17, 15) is 9.59 Å². The summed E-state index contributed by atoms with van der Waals surface area (Å²) >= 11 is 3.27. The molecule has 0 atom stereocenters. The third-order valence-corrected chi connectivity index (χ3v) is 3.01. The molecule has 0 heterocycles. The molecule has 2 aromatic rings. The molecule has 0 N–H and O–H groups in total. The number of carbonyl (C=O) groups is 2. The van der Waals surface area contributed by atoms with E-state index in [4.69, 9.17) is 4.74 Å². The molecule has 0 aliphatic carbocycles. The summed E-state index contributed by atoms with van der Waals surface area (Å²) in [6.07, 6.45) is 0.0864. The minimum atomic E-state index is -0.631. The van der Waals surface area contributed by atoms with Gasteiger partial charge in [0, 0.05) is 4.47 Å². The molecule has 0 aliphatic rings. The van der Waals surface area contributed by atoms with Crippen molar-refractivity contribution < 1.29 is 14.3 Å². The van der Waals surface area contributed by atoms with E-state index < -0.39 is 11.9 Å². The average Bonchev–Trinajstić information content (AvgIpc) is 2.40. The highest BCUT2D eigenvalue weighted by Crippen LogP contribution is 2.11. The number of hydrogen-bond acceptors (Lipinski definition) is 3. The predicted molar refractivity (Wildman–Crippen MR) is 74.7 cm³/mol. The summed E-state index contributed by atoms with van der Waals surface area (Å²) in [6, 6.07) is 15.8. The van der Waals surface area contributed by atoms with E-state index in [1.807, 2.05) is 30.3 Å². The van der Waals surface area contributed by atoms with E-state index in [1.165, 1.54) is 0 Å². The Bertz CT molecular complexity index is 576. The molecule has 96 valence electrons. The van der Waals surface area contributed by atoms with Gasteiger partial charge in [-0.05, 0) is 29.8 Å². The van der Waals surface area contributed by atoms with Gasteiger partial charge < -0.3 is 4.74 Å². The zero-order valence-corrected chi connectivity index (χ0v) is 11.6. The van der Waals surface area contributed by atoms with Gasteiger partial charge in [0.2, 0.25) is 0 Å². The normalized spacial score (nSPS) is 9.95. The second-order valence-electron chi connectivity index (χ2n) is 3.93. The van der Waals surface area contributed by atoms with Gasteiger partial charge in [0.15, 0.2) is 0 Å². The molecular weight excluding hydrogens is 308 g/mol. The SMILES string of the molecule is O=C(Cc1ccccc1)OC(=O)c1ccc(Br)cc1. The van der Waals surface area contributed by atoms with Gasteiger partial charge in [0.05, 0.1) is 12.0 Å². The molecule has 2 aromatic carbocycles. The number of rotatable bonds is 3. The first-order chi connectivity index (χ1) is 9.15. The van der Waals surface area contributed by atoms with Gasteiger partial charge in [-0.1, -0.05) is 46.3 Å². The number of esters is 2. The molecule has 0 radical (unpaired) electrons. The predicted octanol–water partition coefficient (Wildman–Crippen LogP) is 3.38. The number of ether oxygens (including phenoxy) is 1. The summed E-state index contributed by atoms with van der Waals surface area (Å²) in [5.74, 6) is -1.19. The second kappa shape index (κ2) is 6.29. The highest BCUT2D eigenvalue weighted by molar-refractivity contribution is 9.10. The van der Waals surface area contributed by atoms with Crippen LogP contribution in [-0.2, 0) is 16.0 Å². The van der Waals surface area contributed by atoms with Crippen molar-refractivity contribution in [2.24, 2.45) is 0 Å². The summed E-state index contributed by atoms with van der Waals surface area (Å²) in [5, 5.41) is 0. The molecule has 0 unspecified atom stereocenters. The Balaban J connectivity index is 1.95. The highest BCUT2D eigenvalue weighted by atomic mass is 79.9. The number of hydrogen-bond donors (Lipinski definition) is 0. The highest BCUT2D eigenvalue weighted by Gasteiger charge is 2.13. The maximum absolute atomic E-state index is 11.7. The second-order valence-corrected chi connectivity index (χ2v) is 4.85. The Hall–Kier alpha value is -1.94. The zero-order valence-electron chi connectivity index (χ0n) is 10.0. The lowest BCUT2D eigenvalue weighted by Crippen LogP contribution is -2.14. The van der Waals surface area contributed by atoms with Gasteiger partial charge in [-0.2, -0.15) is 0 Å². The molecule has 4 heteroatoms. The third kappa shape index (κ3) is 4.03. The first-order valence-corrected chi connectivity index (χ1v) is 6.49. The van der Waals surface area contributed by atoms with E-state index in [0.717, 1.165) is 10.0 Å². The van der Waals surface area contributed by atoms with Crippen LogP contribution in [0.25, 0.3) is 0 Å². The van der Waals surface area contributed by atoms with E-state index in [-0.39, 0.29) is 6.42 Å². The molecule has 0 spiro atoms. The van der Waals surface area contributed by atoms with Crippen LogP contribution in [0.4, 0.5) is 0 Å². The molecule has 19 heavy (non-hydrogen) atoms. The molecule has 0 saturated carbocycles. The smallest absolute Gasteiger partial charge is 0.345 e. The monoisotopic (exact) mass is 318 g/mol. The van der Waals surface area contributed by atoms with Crippen LogP contribution in [0.3, 0.4) is 0 Å². The molecule has 0 bridgehead atoms. The van der Waals surface area contributed by atoms with Crippen molar-refractivity contribution in [1.82, 2.24) is 0 Å². The van der Waals surface area contributed by atoms with Crippen LogP contribution >= 0.6 is 15.9 Å². The van der Waals surface area contributed by atoms with Crippen LogP contribution in [0, 0.1) is 0 Å². The average molecular weight is 319 g/mol. The maximum Gasteiger partial charge on any atom is 0.345 e. The van der Waals surface area contributed by atoms with Gasteiger partial charge in [0.25, 0.3) is 0 Å². The molecule has 0 amide bonds. The van der Waals surface area contributed by atoms with Gasteiger partial charge in [-0.3, -0.25) is 4.79 Å². The van der Waals surface area contributed by atoms with Crippen LogP contribution in [-0.4, -0.2) is 11.9 Å². The van der Waals surface area contributed by atoms with Gasteiger partial charge in [-0.25, -0.2) is 4.79 Å². The molecule has 0 saturated heterocycles. The van der Waals surface area contributed by atoms with Crippen LogP contribution in [0.1, 0.15) is 15.9 Å². The fraction of sp³-hybridized carbons (Fsp3) is 0.0667. The largest absolute Gasteiger partial charge is 0.389 e. The summed E-state index contributed by atoms with van der Waals surface area (Å²) in [4.78, 5) is 23.3.